The smallest absolute Gasteiger partial charge is 0.408 e. The molecule has 1 aromatic carbocycles. The highest BCUT2D eigenvalue weighted by Gasteiger charge is 2.21. The monoisotopic (exact) mass is 263 g/mol. The van der Waals surface area contributed by atoms with Gasteiger partial charge in [0, 0.05) is 13.1 Å². The van der Waals surface area contributed by atoms with Gasteiger partial charge < -0.3 is 15.1 Å². The van der Waals surface area contributed by atoms with Crippen LogP contribution in [0.15, 0.2) is 27.4 Å². The Labute approximate surface area is 112 Å². The molecule has 2 unspecified atom stereocenters. The minimum Gasteiger partial charge on any atom is -0.408 e. The number of benzene rings is 1. The molecule has 0 aliphatic heterocycles. The zero-order valence-electron chi connectivity index (χ0n) is 11.9. The van der Waals surface area contributed by atoms with Crippen LogP contribution < -0.4 is 11.5 Å². The Hall–Kier alpha value is -1.59. The third-order valence-electron chi connectivity index (χ3n) is 3.62. The average molecular weight is 263 g/mol. The second kappa shape index (κ2) is 5.19. The normalized spacial score (nSPS) is 15.1. The summed E-state index contributed by atoms with van der Waals surface area (Å²) in [7, 11) is 5.77. The van der Waals surface area contributed by atoms with Gasteiger partial charge in [-0.2, -0.15) is 0 Å². The minimum absolute atomic E-state index is 0.208. The van der Waals surface area contributed by atoms with Crippen LogP contribution in [0.1, 0.15) is 18.5 Å². The summed E-state index contributed by atoms with van der Waals surface area (Å²) in [5.74, 6) is -0.0108. The summed E-state index contributed by atoms with van der Waals surface area (Å²) in [6, 6.07) is 6.11. The van der Waals surface area contributed by atoms with E-state index in [1.807, 2.05) is 32.3 Å². The first-order valence-corrected chi connectivity index (χ1v) is 6.41. The highest BCUT2D eigenvalue weighted by molar-refractivity contribution is 5.73. The van der Waals surface area contributed by atoms with E-state index in [4.69, 9.17) is 10.2 Å². The first-order valence-electron chi connectivity index (χ1n) is 6.41. The van der Waals surface area contributed by atoms with Crippen LogP contribution in [0.5, 0.6) is 0 Å². The van der Waals surface area contributed by atoms with Crippen LogP contribution in [0.3, 0.4) is 0 Å². The standard InChI is InChI=1S/C14H21N3O2/c1-9(8-15)13(16(2)3)10-5-6-11-12(7-10)19-14(18)17(11)4/h5-7,9,13H,8,15H2,1-4H3. The number of nitrogens with zero attached hydrogens (tertiary/aromatic N) is 2. The maximum atomic E-state index is 11.5. The maximum absolute atomic E-state index is 11.5. The highest BCUT2D eigenvalue weighted by atomic mass is 16.4. The van der Waals surface area contributed by atoms with Crippen molar-refractivity contribution in [2.24, 2.45) is 18.7 Å². The number of fused-ring (bicyclic) bond motifs is 1. The van der Waals surface area contributed by atoms with Crippen LogP contribution in [-0.4, -0.2) is 30.1 Å². The number of hydrogen-bond donors (Lipinski definition) is 1. The van der Waals surface area contributed by atoms with Gasteiger partial charge in [0.25, 0.3) is 0 Å². The van der Waals surface area contributed by atoms with Crippen LogP contribution >= 0.6 is 0 Å². The summed E-state index contributed by atoms with van der Waals surface area (Å²) in [6.07, 6.45) is 0. The molecule has 2 aromatic rings. The zero-order chi connectivity index (χ0) is 14.2. The molecule has 0 saturated carbocycles. The molecule has 0 amide bonds. The van der Waals surface area contributed by atoms with Crippen LogP contribution in [-0.2, 0) is 7.05 Å². The third-order valence-corrected chi connectivity index (χ3v) is 3.62. The summed E-state index contributed by atoms with van der Waals surface area (Å²) >= 11 is 0. The molecule has 5 heteroatoms. The van der Waals surface area contributed by atoms with E-state index in [1.54, 1.807) is 7.05 Å². The number of rotatable bonds is 4. The molecular weight excluding hydrogens is 242 g/mol. The lowest BCUT2D eigenvalue weighted by molar-refractivity contribution is 0.227. The highest BCUT2D eigenvalue weighted by Crippen LogP contribution is 2.28. The molecule has 0 saturated heterocycles. The van der Waals surface area contributed by atoms with E-state index in [1.165, 1.54) is 4.57 Å². The van der Waals surface area contributed by atoms with Gasteiger partial charge in [0.2, 0.25) is 0 Å². The van der Waals surface area contributed by atoms with Crippen molar-refractivity contribution >= 4 is 11.1 Å². The van der Waals surface area contributed by atoms with Gasteiger partial charge in [0.1, 0.15) is 0 Å². The molecule has 0 bridgehead atoms. The van der Waals surface area contributed by atoms with Crippen molar-refractivity contribution in [3.05, 3.63) is 34.3 Å². The maximum Gasteiger partial charge on any atom is 0.419 e. The van der Waals surface area contributed by atoms with Crippen molar-refractivity contribution in [1.29, 1.82) is 0 Å². The fourth-order valence-corrected chi connectivity index (χ4v) is 2.60. The van der Waals surface area contributed by atoms with Crippen molar-refractivity contribution < 1.29 is 4.42 Å². The molecular formula is C14H21N3O2. The Kier molecular flexibility index (Phi) is 3.78. The number of aromatic nitrogens is 1. The van der Waals surface area contributed by atoms with E-state index in [9.17, 15) is 4.79 Å². The minimum atomic E-state index is -0.333. The number of aryl methyl sites for hydroxylation is 1. The van der Waals surface area contributed by atoms with E-state index in [2.05, 4.69) is 11.8 Å². The third kappa shape index (κ3) is 2.43. The van der Waals surface area contributed by atoms with Crippen LogP contribution in [0.4, 0.5) is 0 Å². The number of nitrogens with two attached hydrogens (primary N) is 1. The first-order chi connectivity index (χ1) is 8.95. The molecule has 0 radical (unpaired) electrons. The average Bonchev–Trinajstić information content (AvgIpc) is 2.64. The van der Waals surface area contributed by atoms with Gasteiger partial charge in [0.15, 0.2) is 5.58 Å². The van der Waals surface area contributed by atoms with Crippen molar-refractivity contribution in [1.82, 2.24) is 9.47 Å². The predicted octanol–water partition coefficient (Wildman–Crippen LogP) is 1.33. The van der Waals surface area contributed by atoms with E-state index in [0.29, 0.717) is 18.0 Å². The fourth-order valence-electron chi connectivity index (χ4n) is 2.60. The molecule has 2 atom stereocenters. The Morgan fingerprint density at radius 3 is 2.68 bits per heavy atom. The number of hydrogen-bond acceptors (Lipinski definition) is 4. The van der Waals surface area contributed by atoms with Crippen molar-refractivity contribution in [3.63, 3.8) is 0 Å². The fraction of sp³-hybridized carbons (Fsp3) is 0.500. The van der Waals surface area contributed by atoms with E-state index in [-0.39, 0.29) is 11.8 Å². The summed E-state index contributed by atoms with van der Waals surface area (Å²) < 4.78 is 6.75. The van der Waals surface area contributed by atoms with Gasteiger partial charge in [-0.15, -0.1) is 0 Å². The topological polar surface area (TPSA) is 64.4 Å². The Morgan fingerprint density at radius 2 is 2.11 bits per heavy atom. The molecule has 1 heterocycles. The Morgan fingerprint density at radius 1 is 1.42 bits per heavy atom. The van der Waals surface area contributed by atoms with E-state index in [0.717, 1.165) is 11.1 Å². The Balaban J connectivity index is 2.52. The SMILES string of the molecule is CC(CN)C(c1ccc2c(c1)oc(=O)n2C)N(C)C. The summed E-state index contributed by atoms with van der Waals surface area (Å²) in [6.45, 7) is 2.73. The largest absolute Gasteiger partial charge is 0.419 e. The Bertz CT molecular complexity index is 627. The summed E-state index contributed by atoms with van der Waals surface area (Å²) in [5, 5.41) is 0. The van der Waals surface area contributed by atoms with Gasteiger partial charge >= 0.3 is 5.76 Å². The lowest BCUT2D eigenvalue weighted by Crippen LogP contribution is -2.30. The summed E-state index contributed by atoms with van der Waals surface area (Å²) in [4.78, 5) is 13.6. The van der Waals surface area contributed by atoms with Crippen molar-refractivity contribution in [2.75, 3.05) is 20.6 Å². The van der Waals surface area contributed by atoms with Crippen LogP contribution in [0.25, 0.3) is 11.1 Å². The quantitative estimate of drug-likeness (QED) is 0.904. The molecule has 104 valence electrons. The van der Waals surface area contributed by atoms with E-state index >= 15 is 0 Å². The molecule has 2 N–H and O–H groups in total. The molecule has 2 rings (SSSR count). The van der Waals surface area contributed by atoms with Crippen molar-refractivity contribution in [2.45, 2.75) is 13.0 Å². The van der Waals surface area contributed by atoms with Crippen molar-refractivity contribution in [3.8, 4) is 0 Å². The van der Waals surface area contributed by atoms with E-state index < -0.39 is 0 Å². The number of oxazole rings is 1. The van der Waals surface area contributed by atoms with Gasteiger partial charge in [-0.3, -0.25) is 4.57 Å². The molecule has 5 nitrogen and oxygen atoms in total. The second-order valence-electron chi connectivity index (χ2n) is 5.28. The molecule has 0 aliphatic rings. The lowest BCUT2D eigenvalue weighted by Gasteiger charge is -2.29. The van der Waals surface area contributed by atoms with Crippen LogP contribution in [0.2, 0.25) is 0 Å². The molecule has 1 aromatic heterocycles. The first kappa shape index (κ1) is 13.8. The van der Waals surface area contributed by atoms with Crippen LogP contribution in [0, 0.1) is 5.92 Å². The predicted molar refractivity (Wildman–Crippen MR) is 76.1 cm³/mol. The summed E-state index contributed by atoms with van der Waals surface area (Å²) in [5.41, 5.74) is 8.34. The zero-order valence-corrected chi connectivity index (χ0v) is 11.9. The molecule has 19 heavy (non-hydrogen) atoms. The molecule has 0 spiro atoms. The van der Waals surface area contributed by atoms with Gasteiger partial charge in [0.05, 0.1) is 5.52 Å². The van der Waals surface area contributed by atoms with Gasteiger partial charge in [-0.05, 0) is 44.3 Å². The van der Waals surface area contributed by atoms with Gasteiger partial charge in [-0.25, -0.2) is 4.79 Å². The van der Waals surface area contributed by atoms with Gasteiger partial charge in [-0.1, -0.05) is 13.0 Å². The second-order valence-corrected chi connectivity index (χ2v) is 5.28. The molecule has 0 aliphatic carbocycles. The lowest BCUT2D eigenvalue weighted by atomic mass is 9.93. The molecule has 0 fully saturated rings.